The molecule has 2 heterocycles. The fourth-order valence-electron chi connectivity index (χ4n) is 13.5. The van der Waals surface area contributed by atoms with Crippen molar-refractivity contribution in [3.63, 3.8) is 0 Å². The molecule has 2 aliphatic carbocycles. The number of fused-ring (bicyclic) bond motifs is 2. The SMILES string of the molecule is CC[C@@H](C)C(=O)N[C@@H](CNCc1ccc(S(=O)(=O)F)cc1)C(=O)N1CCC[C@H]1C(=O)N[C@@H]1Cc2ccccc2[C@@H]1NC(=O)c1ccc(-c2ccc(C(=O)N[C@H]3c4ccccc4C[C@H]3CC(=O)[C@@H]3CCCN3C(=O)[C@H](CNCc3ccc(F)cc3)CC(=O)[C@H](C)NC)cc2)cc1.O=S=O. The number of nitrogens with one attached hydrogen (secondary N) is 7. The van der Waals surface area contributed by atoms with Gasteiger partial charge in [0.2, 0.25) is 23.6 Å². The van der Waals surface area contributed by atoms with E-state index in [0.717, 1.165) is 51.1 Å². The highest BCUT2D eigenvalue weighted by atomic mass is 32.3. The average Bonchev–Trinajstić information content (AvgIpc) is 1.64. The third kappa shape index (κ3) is 18.4. The Hall–Kier alpha value is -9.01. The summed E-state index contributed by atoms with van der Waals surface area (Å²) in [4.78, 5) is 115. The molecule has 4 aliphatic rings. The van der Waals surface area contributed by atoms with Crippen LogP contribution in [0.5, 0.6) is 0 Å². The number of Topliss-reactive ketones (excluding diaryl/α,β-unsaturated/α-hetero) is 2. The molecule has 0 bridgehead atoms. The first kappa shape index (κ1) is 73.2. The number of halogens is 2. The Labute approximate surface area is 573 Å². The molecule has 2 saturated heterocycles. The molecule has 0 unspecified atom stereocenters. The van der Waals surface area contributed by atoms with Crippen LogP contribution in [0.15, 0.2) is 150 Å². The zero-order chi connectivity index (χ0) is 70.2. The number of carbonyl (C=O) groups is 8. The highest BCUT2D eigenvalue weighted by molar-refractivity contribution is 7.86. The van der Waals surface area contributed by atoms with Gasteiger partial charge in [-0.15, -0.1) is 3.89 Å². The fourth-order valence-corrected chi connectivity index (χ4v) is 13.9. The highest BCUT2D eigenvalue weighted by Gasteiger charge is 2.44. The van der Waals surface area contributed by atoms with E-state index in [-0.39, 0.29) is 86.0 Å². The van der Waals surface area contributed by atoms with Crippen molar-refractivity contribution in [2.45, 2.75) is 139 Å². The van der Waals surface area contributed by atoms with E-state index >= 15 is 0 Å². The summed E-state index contributed by atoms with van der Waals surface area (Å²) in [7, 11) is -3.19. The van der Waals surface area contributed by atoms with Crippen molar-refractivity contribution in [2.24, 2.45) is 17.8 Å². The molecule has 6 aromatic rings. The van der Waals surface area contributed by atoms with Crippen LogP contribution in [0.1, 0.15) is 132 Å². The van der Waals surface area contributed by atoms with Crippen LogP contribution in [0.2, 0.25) is 0 Å². The smallest absolute Gasteiger partial charge is 0.335 e. The molecule has 518 valence electrons. The van der Waals surface area contributed by atoms with E-state index in [4.69, 9.17) is 8.42 Å². The van der Waals surface area contributed by atoms with E-state index in [2.05, 4.69) is 37.2 Å². The maximum atomic E-state index is 14.5. The molecule has 2 aliphatic heterocycles. The van der Waals surface area contributed by atoms with Gasteiger partial charge in [-0.05, 0) is 158 Å². The minimum atomic E-state index is -4.88. The Balaban J connectivity index is 0.00000368. The molecule has 21 nitrogen and oxygen atoms in total. The summed E-state index contributed by atoms with van der Waals surface area (Å²) in [5.41, 5.74) is 7.54. The van der Waals surface area contributed by atoms with Crippen LogP contribution in [-0.4, -0.2) is 137 Å². The average molecular weight is 1380 g/mol. The van der Waals surface area contributed by atoms with Crippen molar-refractivity contribution < 1.29 is 63.5 Å². The lowest BCUT2D eigenvalue weighted by molar-refractivity contribution is -0.142. The van der Waals surface area contributed by atoms with Crippen LogP contribution >= 0.6 is 0 Å². The van der Waals surface area contributed by atoms with Crippen molar-refractivity contribution in [2.75, 3.05) is 33.2 Å². The van der Waals surface area contributed by atoms with Gasteiger partial charge in [0.15, 0.2) is 5.78 Å². The van der Waals surface area contributed by atoms with Gasteiger partial charge in [0.05, 0.1) is 41.0 Å². The van der Waals surface area contributed by atoms with Gasteiger partial charge < -0.3 is 47.0 Å². The first-order chi connectivity index (χ1) is 47.1. The molecule has 0 spiro atoms. The van der Waals surface area contributed by atoms with Gasteiger partial charge in [-0.25, -0.2) is 4.39 Å². The lowest BCUT2D eigenvalue weighted by Gasteiger charge is -2.31. The Kier molecular flexibility index (Phi) is 25.4. The molecule has 0 aromatic heterocycles. The summed E-state index contributed by atoms with van der Waals surface area (Å²) in [6.07, 6.45) is 3.63. The quantitative estimate of drug-likeness (QED) is 0.0247. The number of hydrogen-bond acceptors (Lipinski definition) is 15. The molecular formula is C73H83F2N9O12S2. The van der Waals surface area contributed by atoms with E-state index in [0.29, 0.717) is 74.7 Å². The van der Waals surface area contributed by atoms with Crippen LogP contribution in [0.3, 0.4) is 0 Å². The minimum Gasteiger partial charge on any atom is -0.349 e. The van der Waals surface area contributed by atoms with E-state index in [1.807, 2.05) is 79.7 Å². The van der Waals surface area contributed by atoms with Crippen molar-refractivity contribution in [3.05, 3.63) is 196 Å². The monoisotopic (exact) mass is 1380 g/mol. The van der Waals surface area contributed by atoms with Crippen molar-refractivity contribution in [3.8, 4) is 11.1 Å². The molecule has 10 rings (SSSR count). The van der Waals surface area contributed by atoms with E-state index < -0.39 is 92.6 Å². The minimum absolute atomic E-state index is 0.0126. The number of benzene rings is 6. The number of likely N-dealkylation sites (tertiary alicyclic amines) is 2. The van der Waals surface area contributed by atoms with Crippen LogP contribution in [0.25, 0.3) is 11.1 Å². The molecule has 6 aromatic carbocycles. The number of hydrogen-bond donors (Lipinski definition) is 7. The molecule has 6 amide bonds. The summed E-state index contributed by atoms with van der Waals surface area (Å²) in [5, 5.41) is 21.8. The summed E-state index contributed by atoms with van der Waals surface area (Å²) in [6.45, 7) is 6.72. The van der Waals surface area contributed by atoms with Gasteiger partial charge in [-0.2, -0.15) is 16.8 Å². The standard InChI is InChI=1S/C73H83F2N9O10S.O2S/c1-5-44(2)68(87)80-61(43-78-41-47-20-32-57(33-21-47)95(75,93)94)73(92)84-35-11-17-63(84)71(90)79-60-37-53-13-7-9-15-59(53)67(60)82-70(89)51-28-24-49(25-29-51)48-22-26-50(27-23-48)69(88)81-66-54(36-52-12-6-8-14-58(52)66)38-65(86)62-16-10-34-83(62)72(91)55(39-64(85)45(3)76-4)42-77-40-46-18-30-56(74)31-19-46;1-3-2/h6-9,12-15,18-33,44-45,54-55,60-63,66-67,76-78H,5,10-11,16-17,34-43H2,1-4H3,(H,79,90)(H,80,87)(H,81,88)(H,82,89);/t44-,45+,54+,55+,60-,61+,62+,63+,66-,67+;/m1./s1. The predicted octanol–water partition coefficient (Wildman–Crippen LogP) is 6.87. The first-order valence-corrected chi connectivity index (χ1v) is 35.2. The van der Waals surface area contributed by atoms with Crippen LogP contribution < -0.4 is 37.2 Å². The maximum absolute atomic E-state index is 14.5. The third-order valence-corrected chi connectivity index (χ3v) is 20.1. The summed E-state index contributed by atoms with van der Waals surface area (Å²) < 4.78 is 66.4. The molecule has 10 atom stereocenters. The Morgan fingerprint density at radius 1 is 0.622 bits per heavy atom. The normalized spacial score (nSPS) is 19.7. The summed E-state index contributed by atoms with van der Waals surface area (Å²) in [5.74, 6) is -4.12. The predicted molar refractivity (Wildman–Crippen MR) is 364 cm³/mol. The lowest BCUT2D eigenvalue weighted by Crippen LogP contribution is -2.58. The topological polar surface area (TPSA) is 296 Å². The second kappa shape index (κ2) is 34.0. The lowest BCUT2D eigenvalue weighted by atomic mass is 9.90. The molecule has 0 radical (unpaired) electrons. The van der Waals surface area contributed by atoms with E-state index in [1.54, 1.807) is 62.2 Å². The van der Waals surface area contributed by atoms with Gasteiger partial charge in [0.1, 0.15) is 23.7 Å². The van der Waals surface area contributed by atoms with Crippen molar-refractivity contribution in [1.82, 2.24) is 47.0 Å². The first-order valence-electron chi connectivity index (χ1n) is 33.1. The number of nitrogens with zero attached hydrogens (tertiary/aromatic N) is 2. The Morgan fingerprint density at radius 3 is 1.69 bits per heavy atom. The fraction of sp³-hybridized carbons (Fsp3) is 0.397. The van der Waals surface area contributed by atoms with E-state index in [1.165, 1.54) is 29.2 Å². The van der Waals surface area contributed by atoms with Gasteiger partial charge in [-0.3, -0.25) is 38.4 Å². The molecule has 98 heavy (non-hydrogen) atoms. The number of amides is 6. The van der Waals surface area contributed by atoms with Gasteiger partial charge in [0.25, 0.3) is 11.8 Å². The second-order valence-electron chi connectivity index (χ2n) is 25.6. The number of rotatable bonds is 28. The van der Waals surface area contributed by atoms with Crippen molar-refractivity contribution >= 4 is 68.8 Å². The molecule has 25 heteroatoms. The van der Waals surface area contributed by atoms with Gasteiger partial charge >= 0.3 is 21.8 Å². The summed E-state index contributed by atoms with van der Waals surface area (Å²) in [6, 6.07) is 36.1. The molecule has 7 N–H and O–H groups in total. The van der Waals surface area contributed by atoms with Gasteiger partial charge in [0, 0.05) is 69.2 Å². The second-order valence-corrected chi connectivity index (χ2v) is 27.1. The number of ketones is 2. The van der Waals surface area contributed by atoms with Gasteiger partial charge in [-0.1, -0.05) is 111 Å². The Morgan fingerprint density at radius 2 is 1.13 bits per heavy atom. The highest BCUT2D eigenvalue weighted by Crippen LogP contribution is 2.40. The molecule has 0 saturated carbocycles. The van der Waals surface area contributed by atoms with Crippen molar-refractivity contribution in [1.29, 1.82) is 0 Å². The van der Waals surface area contributed by atoms with Crippen LogP contribution in [0, 0.1) is 23.6 Å². The molecule has 2 fully saturated rings. The number of carbonyl (C=O) groups excluding carboxylic acids is 8. The maximum Gasteiger partial charge on any atom is 0.335 e. The Bertz CT molecular complexity index is 4010. The summed E-state index contributed by atoms with van der Waals surface area (Å²) >= 11 is -0.750. The zero-order valence-electron chi connectivity index (χ0n) is 55.1. The largest absolute Gasteiger partial charge is 0.349 e. The zero-order valence-corrected chi connectivity index (χ0v) is 56.7. The van der Waals surface area contributed by atoms with Crippen LogP contribution in [0.4, 0.5) is 8.28 Å². The van der Waals surface area contributed by atoms with E-state index in [9.17, 15) is 55.1 Å². The molecular weight excluding hydrogens is 1300 g/mol. The number of likely N-dealkylation sites (N-methyl/N-ethyl adjacent to an activating group) is 1. The third-order valence-electron chi connectivity index (χ3n) is 19.2. The van der Waals surface area contributed by atoms with Crippen LogP contribution in [-0.2, 0) is 76.5 Å².